The summed E-state index contributed by atoms with van der Waals surface area (Å²) < 4.78 is 5.07. The highest BCUT2D eigenvalue weighted by molar-refractivity contribution is 5.82. The molecule has 0 aliphatic heterocycles. The number of methoxy groups -OCH3 is 1. The first-order valence-electron chi connectivity index (χ1n) is 6.60. The van der Waals surface area contributed by atoms with E-state index in [9.17, 15) is 9.59 Å². The Morgan fingerprint density at radius 2 is 2.00 bits per heavy atom. The van der Waals surface area contributed by atoms with Gasteiger partial charge >= 0.3 is 5.97 Å². The minimum atomic E-state index is -0.955. The van der Waals surface area contributed by atoms with Gasteiger partial charge in [0.15, 0.2) is 0 Å². The van der Waals surface area contributed by atoms with E-state index in [1.54, 1.807) is 0 Å². The van der Waals surface area contributed by atoms with Crippen molar-refractivity contribution in [2.24, 2.45) is 0 Å². The predicted octanol–water partition coefficient (Wildman–Crippen LogP) is 2.05. The maximum Gasteiger partial charge on any atom is 0.305 e. The first kappa shape index (κ1) is 16.2. The molecule has 0 saturated heterocycles. The van der Waals surface area contributed by atoms with Crippen LogP contribution in [0.2, 0.25) is 0 Å². The molecule has 1 aromatic carbocycles. The van der Waals surface area contributed by atoms with E-state index in [0.717, 1.165) is 11.1 Å². The molecule has 110 valence electrons. The van der Waals surface area contributed by atoms with Gasteiger partial charge in [-0.2, -0.15) is 0 Å². The molecule has 20 heavy (non-hydrogen) atoms. The fourth-order valence-corrected chi connectivity index (χ4v) is 2.11. The van der Waals surface area contributed by atoms with Crippen molar-refractivity contribution in [2.45, 2.75) is 38.8 Å². The standard InChI is InChI=1S/C15H21NO4/c1-4-13(20-3)15(19)16-12(9-14(17)18)11-8-6-5-7-10(11)2/h5-8,12-13H,4,9H2,1-3H3,(H,16,19)(H,17,18). The minimum Gasteiger partial charge on any atom is -0.481 e. The van der Waals surface area contributed by atoms with Gasteiger partial charge in [-0.15, -0.1) is 0 Å². The number of ether oxygens (including phenoxy) is 1. The Morgan fingerprint density at radius 3 is 2.50 bits per heavy atom. The summed E-state index contributed by atoms with van der Waals surface area (Å²) >= 11 is 0. The molecule has 1 rings (SSSR count). The average molecular weight is 279 g/mol. The number of amides is 1. The fraction of sp³-hybridized carbons (Fsp3) is 0.467. The molecule has 0 saturated carbocycles. The van der Waals surface area contributed by atoms with Crippen molar-refractivity contribution in [1.82, 2.24) is 5.32 Å². The third-order valence-electron chi connectivity index (χ3n) is 3.21. The van der Waals surface area contributed by atoms with Gasteiger partial charge in [-0.25, -0.2) is 0 Å². The van der Waals surface area contributed by atoms with Crippen LogP contribution < -0.4 is 5.32 Å². The van der Waals surface area contributed by atoms with Gasteiger partial charge in [0.1, 0.15) is 6.10 Å². The third kappa shape index (κ3) is 4.35. The van der Waals surface area contributed by atoms with E-state index in [1.807, 2.05) is 38.1 Å². The second-order valence-electron chi connectivity index (χ2n) is 4.65. The molecule has 0 radical (unpaired) electrons. The fourth-order valence-electron chi connectivity index (χ4n) is 2.11. The number of carboxylic acid groups (broad SMARTS) is 1. The van der Waals surface area contributed by atoms with Crippen LogP contribution in [0.15, 0.2) is 24.3 Å². The summed E-state index contributed by atoms with van der Waals surface area (Å²) in [5, 5.41) is 11.8. The van der Waals surface area contributed by atoms with E-state index in [1.165, 1.54) is 7.11 Å². The molecule has 1 aromatic rings. The molecule has 0 aliphatic carbocycles. The van der Waals surface area contributed by atoms with Gasteiger partial charge < -0.3 is 15.2 Å². The first-order chi connectivity index (χ1) is 9.49. The molecule has 1 amide bonds. The molecular formula is C15H21NO4. The number of hydrogen-bond acceptors (Lipinski definition) is 3. The number of benzene rings is 1. The van der Waals surface area contributed by atoms with Crippen LogP contribution in [-0.4, -0.2) is 30.2 Å². The highest BCUT2D eigenvalue weighted by atomic mass is 16.5. The summed E-state index contributed by atoms with van der Waals surface area (Å²) in [5.74, 6) is -1.24. The molecule has 0 aromatic heterocycles. The SMILES string of the molecule is CCC(OC)C(=O)NC(CC(=O)O)c1ccccc1C. The van der Waals surface area contributed by atoms with Crippen LogP contribution in [0.1, 0.15) is 36.9 Å². The van der Waals surface area contributed by atoms with Crippen molar-refractivity contribution in [1.29, 1.82) is 0 Å². The molecule has 0 fully saturated rings. The lowest BCUT2D eigenvalue weighted by molar-refractivity contribution is -0.138. The highest BCUT2D eigenvalue weighted by Gasteiger charge is 2.23. The number of rotatable bonds is 7. The van der Waals surface area contributed by atoms with Gasteiger partial charge in [0, 0.05) is 7.11 Å². The van der Waals surface area contributed by atoms with Crippen molar-refractivity contribution >= 4 is 11.9 Å². The molecule has 2 atom stereocenters. The van der Waals surface area contributed by atoms with E-state index < -0.39 is 18.1 Å². The smallest absolute Gasteiger partial charge is 0.305 e. The molecule has 5 heteroatoms. The Kier molecular flexibility index (Phi) is 6.18. The van der Waals surface area contributed by atoms with Gasteiger partial charge in [-0.3, -0.25) is 9.59 Å². The van der Waals surface area contributed by atoms with E-state index >= 15 is 0 Å². The molecule has 2 unspecified atom stereocenters. The largest absolute Gasteiger partial charge is 0.481 e. The summed E-state index contributed by atoms with van der Waals surface area (Å²) in [6, 6.07) is 6.88. The van der Waals surface area contributed by atoms with Crippen molar-refractivity contribution in [2.75, 3.05) is 7.11 Å². The molecule has 0 heterocycles. The maximum atomic E-state index is 12.1. The Hall–Kier alpha value is -1.88. The zero-order chi connectivity index (χ0) is 15.1. The molecule has 0 aliphatic rings. The number of hydrogen-bond donors (Lipinski definition) is 2. The quantitative estimate of drug-likeness (QED) is 0.801. The van der Waals surface area contributed by atoms with Gasteiger partial charge in [0.25, 0.3) is 0 Å². The van der Waals surface area contributed by atoms with Gasteiger partial charge in [-0.05, 0) is 24.5 Å². The lowest BCUT2D eigenvalue weighted by Crippen LogP contribution is -2.38. The normalized spacial score (nSPS) is 13.6. The van der Waals surface area contributed by atoms with Crippen molar-refractivity contribution in [3.8, 4) is 0 Å². The van der Waals surface area contributed by atoms with Crippen molar-refractivity contribution in [3.63, 3.8) is 0 Å². The van der Waals surface area contributed by atoms with Crippen LogP contribution >= 0.6 is 0 Å². The van der Waals surface area contributed by atoms with E-state index in [-0.39, 0.29) is 12.3 Å². The van der Waals surface area contributed by atoms with Crippen molar-refractivity contribution < 1.29 is 19.4 Å². The Balaban J connectivity index is 2.93. The predicted molar refractivity (Wildman–Crippen MR) is 75.4 cm³/mol. The molecule has 2 N–H and O–H groups in total. The lowest BCUT2D eigenvalue weighted by atomic mass is 9.98. The number of aryl methyl sites for hydroxylation is 1. The Labute approximate surface area is 118 Å². The van der Waals surface area contributed by atoms with Gasteiger partial charge in [0.2, 0.25) is 5.91 Å². The van der Waals surface area contributed by atoms with E-state index in [4.69, 9.17) is 9.84 Å². The second-order valence-corrected chi connectivity index (χ2v) is 4.65. The lowest BCUT2D eigenvalue weighted by Gasteiger charge is -2.22. The summed E-state index contributed by atoms with van der Waals surface area (Å²) in [6.07, 6.45) is -0.178. The molecule has 5 nitrogen and oxygen atoms in total. The van der Waals surface area contributed by atoms with Crippen LogP contribution in [-0.2, 0) is 14.3 Å². The molecule has 0 spiro atoms. The maximum absolute atomic E-state index is 12.1. The monoisotopic (exact) mass is 279 g/mol. The van der Waals surface area contributed by atoms with Crippen LogP contribution in [0.3, 0.4) is 0 Å². The van der Waals surface area contributed by atoms with Crippen LogP contribution in [0.25, 0.3) is 0 Å². The van der Waals surface area contributed by atoms with Gasteiger partial charge in [-0.1, -0.05) is 31.2 Å². The number of nitrogens with one attached hydrogen (secondary N) is 1. The number of carboxylic acids is 1. The van der Waals surface area contributed by atoms with Crippen molar-refractivity contribution in [3.05, 3.63) is 35.4 Å². The number of aliphatic carboxylic acids is 1. The summed E-state index contributed by atoms with van der Waals surface area (Å²) in [4.78, 5) is 23.1. The zero-order valence-electron chi connectivity index (χ0n) is 12.1. The summed E-state index contributed by atoms with van der Waals surface area (Å²) in [5.41, 5.74) is 1.76. The first-order valence-corrected chi connectivity index (χ1v) is 6.60. The third-order valence-corrected chi connectivity index (χ3v) is 3.21. The average Bonchev–Trinajstić information content (AvgIpc) is 2.39. The van der Waals surface area contributed by atoms with Crippen LogP contribution in [0.4, 0.5) is 0 Å². The second kappa shape index (κ2) is 7.65. The highest BCUT2D eigenvalue weighted by Crippen LogP contribution is 2.21. The van der Waals surface area contributed by atoms with Crippen LogP contribution in [0, 0.1) is 6.92 Å². The topological polar surface area (TPSA) is 75.6 Å². The summed E-state index contributed by atoms with van der Waals surface area (Å²) in [6.45, 7) is 3.73. The summed E-state index contributed by atoms with van der Waals surface area (Å²) in [7, 11) is 1.47. The zero-order valence-corrected chi connectivity index (χ0v) is 12.1. The van der Waals surface area contributed by atoms with E-state index in [2.05, 4.69) is 5.32 Å². The van der Waals surface area contributed by atoms with Gasteiger partial charge in [0.05, 0.1) is 12.5 Å². The number of carbonyl (C=O) groups excluding carboxylic acids is 1. The van der Waals surface area contributed by atoms with E-state index in [0.29, 0.717) is 6.42 Å². The minimum absolute atomic E-state index is 0.156. The molecule has 0 bridgehead atoms. The Bertz CT molecular complexity index is 469. The molecular weight excluding hydrogens is 258 g/mol. The number of carbonyl (C=O) groups is 2. The Morgan fingerprint density at radius 1 is 1.35 bits per heavy atom. The van der Waals surface area contributed by atoms with Crippen LogP contribution in [0.5, 0.6) is 0 Å².